The van der Waals surface area contributed by atoms with E-state index >= 15 is 0 Å². The summed E-state index contributed by atoms with van der Waals surface area (Å²) in [6.45, 7) is 7.99. The Kier molecular flexibility index (Phi) is 6.40. The molecule has 31 heavy (non-hydrogen) atoms. The third-order valence-electron chi connectivity index (χ3n) is 6.41. The number of hydrogen-bond donors (Lipinski definition) is 1. The number of benzene rings is 2. The number of aryl methyl sites for hydroxylation is 1. The zero-order valence-corrected chi connectivity index (χ0v) is 19.8. The van der Waals surface area contributed by atoms with Crippen LogP contribution in [0.25, 0.3) is 4.91 Å². The molecule has 3 nitrogen and oxygen atoms in total. The first-order chi connectivity index (χ1) is 15.0. The maximum absolute atomic E-state index is 9.46. The highest BCUT2D eigenvalue weighted by Gasteiger charge is 2.43. The van der Waals surface area contributed by atoms with E-state index in [0.29, 0.717) is 5.75 Å². The number of fused-ring (bicyclic) bond motifs is 2. The standard InChI is InChI=1S/C27H32NO2S/c1-5-28-24-9-7-6-8-23(24)27(2,3)25(28)15-12-19-10-11-20-18-21(30-4)13-14-22(20)26(19)31-17-16-29/h6-9,12-15,18,29H,5,10-11,16-17H2,1-4H3/q+1/b15-12+. The van der Waals surface area contributed by atoms with E-state index in [-0.39, 0.29) is 12.0 Å². The van der Waals surface area contributed by atoms with Crippen LogP contribution < -0.4 is 4.74 Å². The van der Waals surface area contributed by atoms with Crippen LogP contribution in [-0.2, 0) is 11.8 Å². The Hall–Kier alpha value is -2.30. The van der Waals surface area contributed by atoms with Crippen molar-refractivity contribution in [3.05, 3.63) is 76.9 Å². The van der Waals surface area contributed by atoms with Gasteiger partial charge in [-0.3, -0.25) is 0 Å². The van der Waals surface area contributed by atoms with Crippen molar-refractivity contribution in [2.75, 3.05) is 26.0 Å². The fraction of sp³-hybridized carbons (Fsp3) is 0.370. The summed E-state index contributed by atoms with van der Waals surface area (Å²) in [6, 6.07) is 15.1. The summed E-state index contributed by atoms with van der Waals surface area (Å²) in [6.07, 6.45) is 6.65. The van der Waals surface area contributed by atoms with Gasteiger partial charge >= 0.3 is 0 Å². The number of methoxy groups -OCH3 is 1. The van der Waals surface area contributed by atoms with Gasteiger partial charge in [0, 0.05) is 28.4 Å². The van der Waals surface area contributed by atoms with Crippen LogP contribution in [0.5, 0.6) is 5.75 Å². The normalized spacial score (nSPS) is 17.3. The molecule has 0 amide bonds. The molecule has 0 saturated carbocycles. The molecule has 1 aliphatic heterocycles. The Bertz CT molecular complexity index is 1080. The molecule has 1 aliphatic carbocycles. The minimum absolute atomic E-state index is 0.0258. The van der Waals surface area contributed by atoms with E-state index in [2.05, 4.69) is 73.9 Å². The Morgan fingerprint density at radius 3 is 2.68 bits per heavy atom. The quantitative estimate of drug-likeness (QED) is 0.565. The monoisotopic (exact) mass is 434 g/mol. The molecule has 4 heteroatoms. The SMILES string of the molecule is CC[N+]1=C(/C=C/C2=C(SCCO)c3ccc(OC)cc3CC2)C(C)(C)c2ccccc21. The molecule has 0 saturated heterocycles. The van der Waals surface area contributed by atoms with Crippen LogP contribution in [0.15, 0.2) is 60.2 Å². The van der Waals surface area contributed by atoms with Crippen molar-refractivity contribution in [1.29, 1.82) is 0 Å². The first kappa shape index (κ1) is 21.9. The van der Waals surface area contributed by atoms with Crippen LogP contribution in [0.4, 0.5) is 5.69 Å². The van der Waals surface area contributed by atoms with Crippen LogP contribution in [0.1, 0.15) is 43.9 Å². The Labute approximate surface area is 190 Å². The second-order valence-electron chi connectivity index (χ2n) is 8.55. The van der Waals surface area contributed by atoms with Crippen LogP contribution >= 0.6 is 11.8 Å². The van der Waals surface area contributed by atoms with E-state index in [1.54, 1.807) is 18.9 Å². The molecule has 2 aromatic carbocycles. The largest absolute Gasteiger partial charge is 0.497 e. The average Bonchev–Trinajstić information content (AvgIpc) is 3.01. The number of allylic oxidation sites excluding steroid dienone is 3. The smallest absolute Gasteiger partial charge is 0.209 e. The van der Waals surface area contributed by atoms with Gasteiger partial charge in [-0.25, -0.2) is 0 Å². The van der Waals surface area contributed by atoms with Crippen LogP contribution in [-0.4, -0.2) is 41.4 Å². The van der Waals surface area contributed by atoms with Crippen LogP contribution in [0.2, 0.25) is 0 Å². The molecule has 162 valence electrons. The van der Waals surface area contributed by atoms with E-state index < -0.39 is 0 Å². The molecule has 0 radical (unpaired) electrons. The number of rotatable bonds is 7. The number of aliphatic hydroxyl groups is 1. The van der Waals surface area contributed by atoms with Crippen molar-refractivity contribution >= 4 is 28.1 Å². The lowest BCUT2D eigenvalue weighted by atomic mass is 9.81. The van der Waals surface area contributed by atoms with Gasteiger partial charge in [0.15, 0.2) is 5.71 Å². The molecule has 4 rings (SSSR count). The highest BCUT2D eigenvalue weighted by atomic mass is 32.2. The molecule has 0 bridgehead atoms. The Morgan fingerprint density at radius 1 is 1.13 bits per heavy atom. The highest BCUT2D eigenvalue weighted by molar-refractivity contribution is 8.08. The minimum atomic E-state index is -0.0258. The summed E-state index contributed by atoms with van der Waals surface area (Å²) >= 11 is 1.75. The van der Waals surface area contributed by atoms with E-state index in [4.69, 9.17) is 4.74 Å². The lowest BCUT2D eigenvalue weighted by Gasteiger charge is -2.22. The van der Waals surface area contributed by atoms with E-state index in [1.807, 2.05) is 6.07 Å². The third-order valence-corrected chi connectivity index (χ3v) is 7.57. The van der Waals surface area contributed by atoms with Gasteiger partial charge in [-0.2, -0.15) is 4.58 Å². The zero-order chi connectivity index (χ0) is 22.0. The average molecular weight is 435 g/mol. The topological polar surface area (TPSA) is 32.5 Å². The lowest BCUT2D eigenvalue weighted by Crippen LogP contribution is -2.27. The number of aliphatic hydroxyl groups excluding tert-OH is 1. The third kappa shape index (κ3) is 3.99. The summed E-state index contributed by atoms with van der Waals surface area (Å²) in [5.74, 6) is 1.61. The number of ether oxygens (including phenoxy) is 1. The van der Waals surface area contributed by atoms with Gasteiger partial charge in [0.05, 0.1) is 19.1 Å². The molecule has 0 aromatic heterocycles. The van der Waals surface area contributed by atoms with Crippen molar-refractivity contribution < 1.29 is 14.4 Å². The molecule has 1 N–H and O–H groups in total. The molecule has 0 spiro atoms. The number of hydrogen-bond acceptors (Lipinski definition) is 3. The molecule has 2 aliphatic rings. The maximum Gasteiger partial charge on any atom is 0.209 e. The van der Waals surface area contributed by atoms with Crippen molar-refractivity contribution in [3.63, 3.8) is 0 Å². The second-order valence-corrected chi connectivity index (χ2v) is 9.66. The van der Waals surface area contributed by atoms with E-state index in [9.17, 15) is 5.11 Å². The molecular weight excluding hydrogens is 402 g/mol. The lowest BCUT2D eigenvalue weighted by molar-refractivity contribution is -0.433. The summed E-state index contributed by atoms with van der Waals surface area (Å²) in [7, 11) is 1.72. The van der Waals surface area contributed by atoms with Gasteiger partial charge < -0.3 is 9.84 Å². The molecular formula is C27H32NO2S+. The van der Waals surface area contributed by atoms with Gasteiger partial charge in [0.2, 0.25) is 5.69 Å². The molecule has 0 unspecified atom stereocenters. The summed E-state index contributed by atoms with van der Waals surface area (Å²) in [5, 5.41) is 9.46. The fourth-order valence-electron chi connectivity index (χ4n) is 4.82. The summed E-state index contributed by atoms with van der Waals surface area (Å²) in [5.41, 5.74) is 7.98. The summed E-state index contributed by atoms with van der Waals surface area (Å²) < 4.78 is 7.87. The van der Waals surface area contributed by atoms with Gasteiger partial charge in [-0.1, -0.05) is 24.3 Å². The zero-order valence-electron chi connectivity index (χ0n) is 18.9. The second kappa shape index (κ2) is 9.05. The fourth-order valence-corrected chi connectivity index (χ4v) is 5.83. The number of nitrogens with zero attached hydrogens (tertiary/aromatic N) is 1. The Balaban J connectivity index is 1.76. The molecule has 0 atom stereocenters. The van der Waals surface area contributed by atoms with Crippen molar-refractivity contribution in [2.45, 2.75) is 39.0 Å². The maximum atomic E-state index is 9.46. The first-order valence-electron chi connectivity index (χ1n) is 11.1. The van der Waals surface area contributed by atoms with Gasteiger partial charge in [-0.15, -0.1) is 11.8 Å². The van der Waals surface area contributed by atoms with Crippen molar-refractivity contribution in [2.24, 2.45) is 0 Å². The molecule has 2 aromatic rings. The first-order valence-corrected chi connectivity index (χ1v) is 12.1. The minimum Gasteiger partial charge on any atom is -0.497 e. The molecule has 1 heterocycles. The highest BCUT2D eigenvalue weighted by Crippen LogP contribution is 2.42. The van der Waals surface area contributed by atoms with Gasteiger partial charge in [0.25, 0.3) is 0 Å². The van der Waals surface area contributed by atoms with Crippen molar-refractivity contribution in [3.8, 4) is 5.75 Å². The van der Waals surface area contributed by atoms with Crippen LogP contribution in [0, 0.1) is 0 Å². The van der Waals surface area contributed by atoms with Crippen molar-refractivity contribution in [1.82, 2.24) is 0 Å². The Morgan fingerprint density at radius 2 is 1.94 bits per heavy atom. The summed E-state index contributed by atoms with van der Waals surface area (Å²) in [4.78, 5) is 1.28. The number of thioether (sulfide) groups is 1. The van der Waals surface area contributed by atoms with Gasteiger partial charge in [0.1, 0.15) is 12.3 Å². The molecule has 0 fully saturated rings. The van der Waals surface area contributed by atoms with E-state index in [0.717, 1.165) is 25.1 Å². The van der Waals surface area contributed by atoms with Gasteiger partial charge in [-0.05, 0) is 68.5 Å². The predicted octanol–water partition coefficient (Wildman–Crippen LogP) is 5.73. The van der Waals surface area contributed by atoms with E-state index in [1.165, 1.54) is 38.6 Å². The number of para-hydroxylation sites is 1. The van der Waals surface area contributed by atoms with Crippen LogP contribution in [0.3, 0.4) is 0 Å². The predicted molar refractivity (Wildman–Crippen MR) is 132 cm³/mol.